The van der Waals surface area contributed by atoms with Gasteiger partial charge >= 0.3 is 0 Å². The Hall–Kier alpha value is -2.89. The normalized spacial score (nSPS) is 10.5. The van der Waals surface area contributed by atoms with Gasteiger partial charge in [0, 0.05) is 24.4 Å². The molecule has 3 aromatic heterocycles. The molecule has 6 nitrogen and oxygen atoms in total. The van der Waals surface area contributed by atoms with Crippen LogP contribution < -0.4 is 5.32 Å². The summed E-state index contributed by atoms with van der Waals surface area (Å²) in [6.07, 6.45) is 4.17. The first-order chi connectivity index (χ1) is 10.3. The van der Waals surface area contributed by atoms with Crippen LogP contribution in [0.3, 0.4) is 0 Å². The van der Waals surface area contributed by atoms with Crippen LogP contribution in [0, 0.1) is 0 Å². The van der Waals surface area contributed by atoms with Gasteiger partial charge in [0.05, 0.1) is 6.26 Å². The van der Waals surface area contributed by atoms with E-state index in [2.05, 4.69) is 15.5 Å². The Kier molecular flexibility index (Phi) is 3.77. The van der Waals surface area contributed by atoms with Crippen molar-refractivity contribution in [3.05, 3.63) is 54.6 Å². The lowest BCUT2D eigenvalue weighted by Gasteiger charge is -2.00. The number of hydrogen-bond donors (Lipinski definition) is 1. The highest BCUT2D eigenvalue weighted by Gasteiger charge is 2.11. The number of carbonyl (C=O) groups excluding carboxylic acids is 1. The highest BCUT2D eigenvalue weighted by molar-refractivity contribution is 5.90. The van der Waals surface area contributed by atoms with Crippen LogP contribution in [0.4, 0.5) is 5.82 Å². The monoisotopic (exact) mass is 283 g/mol. The molecule has 1 N–H and O–H groups in total. The Labute approximate surface area is 120 Å². The standard InChI is InChI=1S/C15H13N3O3/c19-15(7-6-11-4-1-2-8-16-11)17-14-10-13(21-18-14)12-5-3-9-20-12/h1-5,8-10H,6-7H2,(H,17,18,19). The zero-order chi connectivity index (χ0) is 14.5. The molecule has 3 rings (SSSR count). The molecule has 0 radical (unpaired) electrons. The summed E-state index contributed by atoms with van der Waals surface area (Å²) in [6, 6.07) is 10.8. The predicted octanol–water partition coefficient (Wildman–Crippen LogP) is 2.90. The molecule has 3 heterocycles. The summed E-state index contributed by atoms with van der Waals surface area (Å²) >= 11 is 0. The van der Waals surface area contributed by atoms with E-state index < -0.39 is 0 Å². The molecule has 3 aromatic rings. The van der Waals surface area contributed by atoms with E-state index in [1.165, 1.54) is 0 Å². The van der Waals surface area contributed by atoms with E-state index >= 15 is 0 Å². The van der Waals surface area contributed by atoms with Crippen LogP contribution in [-0.4, -0.2) is 16.0 Å². The largest absolute Gasteiger partial charge is 0.461 e. The maximum atomic E-state index is 11.8. The number of aryl methyl sites for hydroxylation is 1. The molecule has 0 saturated heterocycles. The van der Waals surface area contributed by atoms with Gasteiger partial charge in [-0.1, -0.05) is 11.2 Å². The van der Waals surface area contributed by atoms with Crippen molar-refractivity contribution in [3.63, 3.8) is 0 Å². The van der Waals surface area contributed by atoms with Gasteiger partial charge in [0.25, 0.3) is 0 Å². The van der Waals surface area contributed by atoms with Gasteiger partial charge in [-0.05, 0) is 30.7 Å². The number of furan rings is 1. The molecular weight excluding hydrogens is 270 g/mol. The molecule has 0 unspecified atom stereocenters. The van der Waals surface area contributed by atoms with Crippen molar-refractivity contribution in [2.45, 2.75) is 12.8 Å². The number of aromatic nitrogens is 2. The minimum absolute atomic E-state index is 0.139. The molecule has 0 saturated carbocycles. The summed E-state index contributed by atoms with van der Waals surface area (Å²) in [7, 11) is 0. The van der Waals surface area contributed by atoms with Crippen LogP contribution in [0.1, 0.15) is 12.1 Å². The summed E-state index contributed by atoms with van der Waals surface area (Å²) in [4.78, 5) is 16.0. The van der Waals surface area contributed by atoms with Crippen LogP contribution in [0.5, 0.6) is 0 Å². The maximum absolute atomic E-state index is 11.8. The van der Waals surface area contributed by atoms with Crippen molar-refractivity contribution in [2.24, 2.45) is 0 Å². The molecule has 0 aliphatic rings. The lowest BCUT2D eigenvalue weighted by Crippen LogP contribution is -2.12. The SMILES string of the molecule is O=C(CCc1ccccn1)Nc1cc(-c2ccco2)on1. The van der Waals surface area contributed by atoms with Gasteiger partial charge in [0.1, 0.15) is 0 Å². The zero-order valence-corrected chi connectivity index (χ0v) is 11.2. The second kappa shape index (κ2) is 6.04. The van der Waals surface area contributed by atoms with Crippen LogP contribution in [0.25, 0.3) is 11.5 Å². The third kappa shape index (κ3) is 3.36. The number of nitrogens with zero attached hydrogens (tertiary/aromatic N) is 2. The van der Waals surface area contributed by atoms with E-state index in [1.807, 2.05) is 18.2 Å². The van der Waals surface area contributed by atoms with Crippen molar-refractivity contribution < 1.29 is 13.7 Å². The lowest BCUT2D eigenvalue weighted by atomic mass is 10.2. The van der Waals surface area contributed by atoms with Crippen molar-refractivity contribution in [1.29, 1.82) is 0 Å². The maximum Gasteiger partial charge on any atom is 0.226 e. The zero-order valence-electron chi connectivity index (χ0n) is 11.2. The Bertz CT molecular complexity index is 705. The third-order valence-corrected chi connectivity index (χ3v) is 2.88. The molecule has 0 aliphatic heterocycles. The first kappa shape index (κ1) is 13.1. The predicted molar refractivity (Wildman–Crippen MR) is 75.4 cm³/mol. The van der Waals surface area contributed by atoms with Gasteiger partial charge in [-0.2, -0.15) is 0 Å². The molecule has 0 aliphatic carbocycles. The van der Waals surface area contributed by atoms with Crippen LogP contribution in [-0.2, 0) is 11.2 Å². The van der Waals surface area contributed by atoms with Gasteiger partial charge in [-0.3, -0.25) is 9.78 Å². The molecule has 0 aromatic carbocycles. The average molecular weight is 283 g/mol. The molecule has 0 bridgehead atoms. The van der Waals surface area contributed by atoms with Crippen LogP contribution in [0.15, 0.2) is 57.8 Å². The van der Waals surface area contributed by atoms with E-state index in [0.29, 0.717) is 30.2 Å². The van der Waals surface area contributed by atoms with E-state index in [1.54, 1.807) is 30.7 Å². The fourth-order valence-corrected chi connectivity index (χ4v) is 1.86. The minimum atomic E-state index is -0.139. The number of amides is 1. The Balaban J connectivity index is 1.55. The van der Waals surface area contributed by atoms with E-state index in [4.69, 9.17) is 8.94 Å². The molecule has 106 valence electrons. The number of carbonyl (C=O) groups is 1. The van der Waals surface area contributed by atoms with Gasteiger partial charge in [-0.25, -0.2) is 0 Å². The fraction of sp³-hybridized carbons (Fsp3) is 0.133. The van der Waals surface area contributed by atoms with Crippen molar-refractivity contribution >= 4 is 11.7 Å². The molecule has 0 fully saturated rings. The average Bonchev–Trinajstić information content (AvgIpc) is 3.17. The van der Waals surface area contributed by atoms with Gasteiger partial charge in [0.2, 0.25) is 11.7 Å². The number of hydrogen-bond acceptors (Lipinski definition) is 5. The number of pyridine rings is 1. The summed E-state index contributed by atoms with van der Waals surface area (Å²) in [5, 5.41) is 6.47. The second-order valence-electron chi connectivity index (χ2n) is 4.42. The Morgan fingerprint density at radius 2 is 2.14 bits per heavy atom. The molecule has 0 atom stereocenters. The molecule has 0 spiro atoms. The fourth-order valence-electron chi connectivity index (χ4n) is 1.86. The second-order valence-corrected chi connectivity index (χ2v) is 4.42. The topological polar surface area (TPSA) is 81.2 Å². The first-order valence-corrected chi connectivity index (χ1v) is 6.51. The summed E-state index contributed by atoms with van der Waals surface area (Å²) in [6.45, 7) is 0. The Morgan fingerprint density at radius 3 is 2.90 bits per heavy atom. The number of nitrogens with one attached hydrogen (secondary N) is 1. The van der Waals surface area contributed by atoms with E-state index in [0.717, 1.165) is 5.69 Å². The molecule has 1 amide bonds. The van der Waals surface area contributed by atoms with Crippen LogP contribution >= 0.6 is 0 Å². The van der Waals surface area contributed by atoms with E-state index in [9.17, 15) is 4.79 Å². The quantitative estimate of drug-likeness (QED) is 0.778. The van der Waals surface area contributed by atoms with Gasteiger partial charge < -0.3 is 14.3 Å². The van der Waals surface area contributed by atoms with Crippen molar-refractivity contribution in [2.75, 3.05) is 5.32 Å². The summed E-state index contributed by atoms with van der Waals surface area (Å²) in [5.74, 6) is 1.27. The van der Waals surface area contributed by atoms with Gasteiger partial charge in [0.15, 0.2) is 11.6 Å². The highest BCUT2D eigenvalue weighted by Crippen LogP contribution is 2.22. The summed E-state index contributed by atoms with van der Waals surface area (Å²) < 4.78 is 10.3. The molecule has 6 heteroatoms. The van der Waals surface area contributed by atoms with Crippen LogP contribution in [0.2, 0.25) is 0 Å². The highest BCUT2D eigenvalue weighted by atomic mass is 16.5. The van der Waals surface area contributed by atoms with Gasteiger partial charge in [-0.15, -0.1) is 0 Å². The number of anilines is 1. The summed E-state index contributed by atoms with van der Waals surface area (Å²) in [5.41, 5.74) is 0.879. The number of rotatable bonds is 5. The lowest BCUT2D eigenvalue weighted by molar-refractivity contribution is -0.116. The Morgan fingerprint density at radius 1 is 1.19 bits per heavy atom. The molecular formula is C15H13N3O3. The first-order valence-electron chi connectivity index (χ1n) is 6.51. The minimum Gasteiger partial charge on any atom is -0.461 e. The van der Waals surface area contributed by atoms with E-state index in [-0.39, 0.29) is 5.91 Å². The van der Waals surface area contributed by atoms with Crippen molar-refractivity contribution in [1.82, 2.24) is 10.1 Å². The van der Waals surface area contributed by atoms with Crippen molar-refractivity contribution in [3.8, 4) is 11.5 Å². The smallest absolute Gasteiger partial charge is 0.226 e. The molecule has 21 heavy (non-hydrogen) atoms. The third-order valence-electron chi connectivity index (χ3n) is 2.88.